The first-order valence-corrected chi connectivity index (χ1v) is 6.36. The standard InChI is InChI=1S/C16H20N2/c1-12-5-4-6-16(9-12)14(3)18-11-15-8-7-13(2)17-10-15/h4-10,14,18H,11H2,1-3H3/t14-/m0/s1. The third kappa shape index (κ3) is 3.41. The van der Waals surface area contributed by atoms with Crippen LogP contribution in [0.25, 0.3) is 0 Å². The van der Waals surface area contributed by atoms with E-state index in [1.165, 1.54) is 16.7 Å². The highest BCUT2D eigenvalue weighted by Crippen LogP contribution is 2.14. The van der Waals surface area contributed by atoms with E-state index in [1.54, 1.807) is 0 Å². The minimum Gasteiger partial charge on any atom is -0.306 e. The van der Waals surface area contributed by atoms with Crippen molar-refractivity contribution in [3.05, 3.63) is 65.0 Å². The molecule has 1 heterocycles. The van der Waals surface area contributed by atoms with Crippen LogP contribution in [-0.4, -0.2) is 4.98 Å². The van der Waals surface area contributed by atoms with Gasteiger partial charge in [0.05, 0.1) is 0 Å². The highest BCUT2D eigenvalue weighted by atomic mass is 14.9. The van der Waals surface area contributed by atoms with Crippen molar-refractivity contribution in [3.8, 4) is 0 Å². The summed E-state index contributed by atoms with van der Waals surface area (Å²) >= 11 is 0. The van der Waals surface area contributed by atoms with Crippen LogP contribution in [0.1, 0.15) is 35.3 Å². The summed E-state index contributed by atoms with van der Waals surface area (Å²) < 4.78 is 0. The third-order valence-corrected chi connectivity index (χ3v) is 3.13. The van der Waals surface area contributed by atoms with Gasteiger partial charge in [-0.15, -0.1) is 0 Å². The van der Waals surface area contributed by atoms with Gasteiger partial charge in [0.1, 0.15) is 0 Å². The van der Waals surface area contributed by atoms with Gasteiger partial charge in [-0.05, 0) is 38.0 Å². The van der Waals surface area contributed by atoms with Crippen LogP contribution < -0.4 is 5.32 Å². The highest BCUT2D eigenvalue weighted by molar-refractivity contribution is 5.24. The van der Waals surface area contributed by atoms with Gasteiger partial charge in [0, 0.05) is 24.5 Å². The van der Waals surface area contributed by atoms with Crippen LogP contribution in [0.3, 0.4) is 0 Å². The number of benzene rings is 1. The van der Waals surface area contributed by atoms with E-state index in [1.807, 2.05) is 19.2 Å². The fraction of sp³-hybridized carbons (Fsp3) is 0.312. The van der Waals surface area contributed by atoms with Crippen LogP contribution >= 0.6 is 0 Å². The second-order valence-corrected chi connectivity index (χ2v) is 4.82. The SMILES string of the molecule is Cc1cccc([C@H](C)NCc2ccc(C)nc2)c1. The van der Waals surface area contributed by atoms with Gasteiger partial charge < -0.3 is 5.32 Å². The van der Waals surface area contributed by atoms with Gasteiger partial charge >= 0.3 is 0 Å². The van der Waals surface area contributed by atoms with Gasteiger partial charge in [-0.2, -0.15) is 0 Å². The van der Waals surface area contributed by atoms with Crippen molar-refractivity contribution < 1.29 is 0 Å². The fourth-order valence-electron chi connectivity index (χ4n) is 1.93. The first-order chi connectivity index (χ1) is 8.65. The van der Waals surface area contributed by atoms with Crippen LogP contribution in [0.5, 0.6) is 0 Å². The lowest BCUT2D eigenvalue weighted by Gasteiger charge is -2.14. The molecule has 2 aromatic rings. The molecule has 1 aromatic heterocycles. The molecular weight excluding hydrogens is 220 g/mol. The van der Waals surface area contributed by atoms with Gasteiger partial charge in [-0.25, -0.2) is 0 Å². The van der Waals surface area contributed by atoms with Gasteiger partial charge in [-0.1, -0.05) is 35.9 Å². The minimum atomic E-state index is 0.353. The number of aryl methyl sites for hydroxylation is 2. The predicted octanol–water partition coefficient (Wildman–Crippen LogP) is 3.55. The van der Waals surface area contributed by atoms with Gasteiger partial charge in [-0.3, -0.25) is 4.98 Å². The van der Waals surface area contributed by atoms with Gasteiger partial charge in [0.25, 0.3) is 0 Å². The van der Waals surface area contributed by atoms with Crippen molar-refractivity contribution in [3.63, 3.8) is 0 Å². The smallest absolute Gasteiger partial charge is 0.0372 e. The second kappa shape index (κ2) is 5.78. The van der Waals surface area contributed by atoms with Crippen LogP contribution in [0.2, 0.25) is 0 Å². The Labute approximate surface area is 109 Å². The molecule has 2 heteroatoms. The van der Waals surface area contributed by atoms with Crippen molar-refractivity contribution in [1.82, 2.24) is 10.3 Å². The average molecular weight is 240 g/mol. The Morgan fingerprint density at radius 1 is 1.17 bits per heavy atom. The zero-order valence-electron chi connectivity index (χ0n) is 11.3. The second-order valence-electron chi connectivity index (χ2n) is 4.82. The summed E-state index contributed by atoms with van der Waals surface area (Å²) in [5, 5.41) is 3.52. The Morgan fingerprint density at radius 3 is 2.67 bits per heavy atom. The molecule has 0 saturated carbocycles. The maximum Gasteiger partial charge on any atom is 0.0372 e. The van der Waals surface area contributed by atoms with Gasteiger partial charge in [0.2, 0.25) is 0 Å². The van der Waals surface area contributed by atoms with E-state index in [4.69, 9.17) is 0 Å². The molecule has 1 N–H and O–H groups in total. The fourth-order valence-corrected chi connectivity index (χ4v) is 1.93. The van der Waals surface area contributed by atoms with Crippen LogP contribution in [0.4, 0.5) is 0 Å². The van der Waals surface area contributed by atoms with Crippen molar-refractivity contribution in [2.24, 2.45) is 0 Å². The largest absolute Gasteiger partial charge is 0.306 e. The predicted molar refractivity (Wildman–Crippen MR) is 75.4 cm³/mol. The third-order valence-electron chi connectivity index (χ3n) is 3.13. The molecule has 0 aliphatic rings. The topological polar surface area (TPSA) is 24.9 Å². The summed E-state index contributed by atoms with van der Waals surface area (Å²) in [5.41, 5.74) is 4.92. The number of nitrogens with one attached hydrogen (secondary N) is 1. The number of aromatic nitrogens is 1. The molecule has 0 radical (unpaired) electrons. The molecule has 0 amide bonds. The summed E-state index contributed by atoms with van der Waals surface area (Å²) in [4.78, 5) is 4.30. The van der Waals surface area contributed by atoms with Crippen LogP contribution in [-0.2, 0) is 6.54 Å². The molecule has 0 unspecified atom stereocenters. The molecule has 0 saturated heterocycles. The van der Waals surface area contributed by atoms with Crippen molar-refractivity contribution in [1.29, 1.82) is 0 Å². The van der Waals surface area contributed by atoms with E-state index in [0.29, 0.717) is 6.04 Å². The Balaban J connectivity index is 1.96. The molecule has 2 nitrogen and oxygen atoms in total. The van der Waals surface area contributed by atoms with Crippen molar-refractivity contribution in [2.45, 2.75) is 33.4 Å². The molecule has 2 rings (SSSR count). The number of hydrogen-bond acceptors (Lipinski definition) is 2. The molecule has 18 heavy (non-hydrogen) atoms. The van der Waals surface area contributed by atoms with E-state index in [0.717, 1.165) is 12.2 Å². The Hall–Kier alpha value is -1.67. The van der Waals surface area contributed by atoms with Crippen molar-refractivity contribution >= 4 is 0 Å². The summed E-state index contributed by atoms with van der Waals surface area (Å²) in [5.74, 6) is 0. The zero-order valence-corrected chi connectivity index (χ0v) is 11.3. The lowest BCUT2D eigenvalue weighted by Crippen LogP contribution is -2.18. The van der Waals surface area contributed by atoms with E-state index in [2.05, 4.69) is 54.5 Å². The molecule has 1 atom stereocenters. The maximum absolute atomic E-state index is 4.30. The van der Waals surface area contributed by atoms with Crippen molar-refractivity contribution in [2.75, 3.05) is 0 Å². The van der Waals surface area contributed by atoms with Crippen LogP contribution in [0, 0.1) is 13.8 Å². The summed E-state index contributed by atoms with van der Waals surface area (Å²) in [6.45, 7) is 7.17. The Kier molecular flexibility index (Phi) is 4.11. The van der Waals surface area contributed by atoms with E-state index in [-0.39, 0.29) is 0 Å². The first-order valence-electron chi connectivity index (χ1n) is 6.36. The number of pyridine rings is 1. The minimum absolute atomic E-state index is 0.353. The molecule has 94 valence electrons. The molecule has 1 aromatic carbocycles. The van der Waals surface area contributed by atoms with Gasteiger partial charge in [0.15, 0.2) is 0 Å². The lowest BCUT2D eigenvalue weighted by atomic mass is 10.1. The molecular formula is C16H20N2. The van der Waals surface area contributed by atoms with E-state index >= 15 is 0 Å². The monoisotopic (exact) mass is 240 g/mol. The normalized spacial score (nSPS) is 12.4. The summed E-state index contributed by atoms with van der Waals surface area (Å²) in [7, 11) is 0. The Morgan fingerprint density at radius 2 is 2.00 bits per heavy atom. The van der Waals surface area contributed by atoms with E-state index in [9.17, 15) is 0 Å². The lowest BCUT2D eigenvalue weighted by molar-refractivity contribution is 0.573. The first kappa shape index (κ1) is 12.8. The number of hydrogen-bond donors (Lipinski definition) is 1. The molecule has 0 fully saturated rings. The quantitative estimate of drug-likeness (QED) is 0.884. The number of nitrogens with zero attached hydrogens (tertiary/aromatic N) is 1. The molecule has 0 spiro atoms. The van der Waals surface area contributed by atoms with Crippen LogP contribution in [0.15, 0.2) is 42.6 Å². The van der Waals surface area contributed by atoms with E-state index < -0.39 is 0 Å². The average Bonchev–Trinajstić information content (AvgIpc) is 2.38. The number of rotatable bonds is 4. The Bertz CT molecular complexity index is 503. The summed E-state index contributed by atoms with van der Waals surface area (Å²) in [6.07, 6.45) is 1.94. The molecule has 0 aliphatic carbocycles. The molecule has 0 bridgehead atoms. The maximum atomic E-state index is 4.30. The molecule has 0 aliphatic heterocycles. The summed E-state index contributed by atoms with van der Waals surface area (Å²) in [6, 6.07) is 13.2. The zero-order chi connectivity index (χ0) is 13.0. The highest BCUT2D eigenvalue weighted by Gasteiger charge is 2.04.